The molecule has 0 aliphatic heterocycles. The monoisotopic (exact) mass is 268 g/mol. The van der Waals surface area contributed by atoms with Crippen molar-refractivity contribution in [2.45, 2.75) is 19.9 Å². The number of rotatable bonds is 4. The Morgan fingerprint density at radius 3 is 3.06 bits per heavy atom. The van der Waals surface area contributed by atoms with E-state index in [1.807, 2.05) is 6.92 Å². The number of carbonyl (C=O) groups excluding carboxylic acids is 1. The van der Waals surface area contributed by atoms with Crippen molar-refractivity contribution in [3.05, 3.63) is 11.5 Å². The van der Waals surface area contributed by atoms with E-state index in [9.17, 15) is 4.79 Å². The third-order valence-electron chi connectivity index (χ3n) is 2.38. The van der Waals surface area contributed by atoms with Crippen LogP contribution in [0.2, 0.25) is 5.28 Å². The molecule has 8 heteroatoms. The molecule has 0 spiro atoms. The molecule has 2 aromatic heterocycles. The van der Waals surface area contributed by atoms with Gasteiger partial charge in [-0.2, -0.15) is 15.1 Å². The predicted octanol–water partition coefficient (Wildman–Crippen LogP) is 0.943. The summed E-state index contributed by atoms with van der Waals surface area (Å²) in [4.78, 5) is 19.7. The zero-order valence-corrected chi connectivity index (χ0v) is 10.7. The molecule has 1 amide bonds. The van der Waals surface area contributed by atoms with Gasteiger partial charge in [0.1, 0.15) is 11.9 Å². The van der Waals surface area contributed by atoms with E-state index in [2.05, 4.69) is 30.8 Å². The van der Waals surface area contributed by atoms with E-state index in [0.717, 1.165) is 0 Å². The molecule has 0 radical (unpaired) electrons. The Morgan fingerprint density at radius 2 is 2.33 bits per heavy atom. The Balaban J connectivity index is 2.25. The van der Waals surface area contributed by atoms with Gasteiger partial charge in [-0.05, 0) is 25.4 Å². The lowest BCUT2D eigenvalue weighted by Gasteiger charge is -2.14. The maximum absolute atomic E-state index is 11.6. The molecular formula is C10H13ClN6O. The largest absolute Gasteiger partial charge is 0.358 e. The number of anilines is 1. The molecule has 3 N–H and O–H groups in total. The first-order chi connectivity index (χ1) is 8.61. The van der Waals surface area contributed by atoms with Gasteiger partial charge in [0.15, 0.2) is 5.65 Å². The van der Waals surface area contributed by atoms with E-state index >= 15 is 0 Å². The Bertz CT molecular complexity index is 568. The quantitative estimate of drug-likeness (QED) is 0.718. The lowest BCUT2D eigenvalue weighted by atomic mass is 10.3. The smallest absolute Gasteiger partial charge is 0.242 e. The number of hydrogen-bond acceptors (Lipinski definition) is 5. The highest BCUT2D eigenvalue weighted by Gasteiger charge is 2.15. The standard InChI is InChI=1S/C10H13ClN6O/c1-3-12-9(18)5(2)14-7-6-4-13-17-8(6)16-10(11)15-7/h4-5H,3H2,1-2H3,(H,12,18)(H2,13,14,15,16,17). The lowest BCUT2D eigenvalue weighted by molar-refractivity contribution is -0.121. The first-order valence-electron chi connectivity index (χ1n) is 5.52. The molecule has 7 nitrogen and oxygen atoms in total. The first-order valence-corrected chi connectivity index (χ1v) is 5.90. The van der Waals surface area contributed by atoms with Crippen molar-refractivity contribution in [1.82, 2.24) is 25.5 Å². The van der Waals surface area contributed by atoms with Crippen molar-refractivity contribution in [3.63, 3.8) is 0 Å². The second kappa shape index (κ2) is 5.18. The average Bonchev–Trinajstić information content (AvgIpc) is 2.77. The summed E-state index contributed by atoms with van der Waals surface area (Å²) in [5.41, 5.74) is 0.528. The van der Waals surface area contributed by atoms with Crippen molar-refractivity contribution in [2.75, 3.05) is 11.9 Å². The van der Waals surface area contributed by atoms with Crippen LogP contribution in [0.4, 0.5) is 5.82 Å². The maximum atomic E-state index is 11.6. The fraction of sp³-hybridized carbons (Fsp3) is 0.400. The zero-order valence-electron chi connectivity index (χ0n) is 9.99. The van der Waals surface area contributed by atoms with Crippen LogP contribution in [0.15, 0.2) is 6.20 Å². The van der Waals surface area contributed by atoms with Crippen LogP contribution in [0.1, 0.15) is 13.8 Å². The van der Waals surface area contributed by atoms with Crippen LogP contribution in [0.5, 0.6) is 0 Å². The third kappa shape index (κ3) is 2.51. The molecule has 2 rings (SSSR count). The highest BCUT2D eigenvalue weighted by atomic mass is 35.5. The maximum Gasteiger partial charge on any atom is 0.242 e. The van der Waals surface area contributed by atoms with E-state index in [1.165, 1.54) is 0 Å². The van der Waals surface area contributed by atoms with Crippen LogP contribution in [0, 0.1) is 0 Å². The number of halogens is 1. The number of carbonyl (C=O) groups is 1. The van der Waals surface area contributed by atoms with Crippen molar-refractivity contribution < 1.29 is 4.79 Å². The van der Waals surface area contributed by atoms with Gasteiger partial charge in [-0.15, -0.1) is 0 Å². The normalized spacial score (nSPS) is 12.4. The summed E-state index contributed by atoms with van der Waals surface area (Å²) < 4.78 is 0. The van der Waals surface area contributed by atoms with Gasteiger partial charge in [-0.25, -0.2) is 0 Å². The van der Waals surface area contributed by atoms with Crippen LogP contribution in [-0.4, -0.2) is 38.7 Å². The van der Waals surface area contributed by atoms with Crippen LogP contribution >= 0.6 is 11.6 Å². The minimum Gasteiger partial charge on any atom is -0.358 e. The van der Waals surface area contributed by atoms with Gasteiger partial charge in [0.25, 0.3) is 0 Å². The topological polar surface area (TPSA) is 95.6 Å². The summed E-state index contributed by atoms with van der Waals surface area (Å²) in [6.07, 6.45) is 1.58. The predicted molar refractivity (Wildman–Crippen MR) is 68.5 cm³/mol. The zero-order chi connectivity index (χ0) is 13.1. The van der Waals surface area contributed by atoms with E-state index < -0.39 is 6.04 Å². The second-order valence-corrected chi connectivity index (χ2v) is 4.07. The molecule has 0 aromatic carbocycles. The van der Waals surface area contributed by atoms with Gasteiger partial charge < -0.3 is 10.6 Å². The Morgan fingerprint density at radius 1 is 1.56 bits per heavy atom. The van der Waals surface area contributed by atoms with Gasteiger partial charge in [0.2, 0.25) is 11.2 Å². The van der Waals surface area contributed by atoms with Crippen molar-refractivity contribution in [2.24, 2.45) is 0 Å². The number of hydrogen-bond donors (Lipinski definition) is 3. The third-order valence-corrected chi connectivity index (χ3v) is 2.55. The number of nitrogens with one attached hydrogen (secondary N) is 3. The summed E-state index contributed by atoms with van der Waals surface area (Å²) in [5, 5.41) is 13.1. The number of nitrogens with zero attached hydrogens (tertiary/aromatic N) is 3. The molecule has 0 aliphatic rings. The van der Waals surface area contributed by atoms with Gasteiger partial charge in [0, 0.05) is 6.54 Å². The highest BCUT2D eigenvalue weighted by Crippen LogP contribution is 2.20. The number of aromatic nitrogens is 4. The molecule has 0 saturated carbocycles. The minimum absolute atomic E-state index is 0.0948. The minimum atomic E-state index is -0.422. The first kappa shape index (κ1) is 12.6. The van der Waals surface area contributed by atoms with Crippen LogP contribution < -0.4 is 10.6 Å². The van der Waals surface area contributed by atoms with Gasteiger partial charge in [-0.1, -0.05) is 0 Å². The van der Waals surface area contributed by atoms with Crippen molar-refractivity contribution in [1.29, 1.82) is 0 Å². The number of aromatic amines is 1. The van der Waals surface area contributed by atoms with E-state index in [0.29, 0.717) is 23.4 Å². The number of H-pyrrole nitrogens is 1. The number of likely N-dealkylation sites (N-methyl/N-ethyl adjacent to an activating group) is 1. The van der Waals surface area contributed by atoms with Crippen LogP contribution in [0.25, 0.3) is 11.0 Å². The molecule has 96 valence electrons. The van der Waals surface area contributed by atoms with E-state index in [-0.39, 0.29) is 11.2 Å². The molecule has 1 atom stereocenters. The van der Waals surface area contributed by atoms with Crippen molar-refractivity contribution >= 4 is 34.4 Å². The average molecular weight is 269 g/mol. The molecule has 0 aliphatic carbocycles. The van der Waals surface area contributed by atoms with Crippen LogP contribution in [-0.2, 0) is 4.79 Å². The lowest BCUT2D eigenvalue weighted by Crippen LogP contribution is -2.37. The van der Waals surface area contributed by atoms with Gasteiger partial charge in [0.05, 0.1) is 11.6 Å². The van der Waals surface area contributed by atoms with Gasteiger partial charge in [-0.3, -0.25) is 9.89 Å². The summed E-state index contributed by atoms with van der Waals surface area (Å²) in [5.74, 6) is 0.376. The highest BCUT2D eigenvalue weighted by molar-refractivity contribution is 6.28. The van der Waals surface area contributed by atoms with E-state index in [1.54, 1.807) is 13.1 Å². The molecule has 0 bridgehead atoms. The van der Waals surface area contributed by atoms with Crippen LogP contribution in [0.3, 0.4) is 0 Å². The molecule has 0 saturated heterocycles. The second-order valence-electron chi connectivity index (χ2n) is 3.73. The van der Waals surface area contributed by atoms with Crippen molar-refractivity contribution in [3.8, 4) is 0 Å². The Hall–Kier alpha value is -1.89. The summed E-state index contributed by atoms with van der Waals surface area (Å²) in [6, 6.07) is -0.422. The number of fused-ring (bicyclic) bond motifs is 1. The Kier molecular flexibility index (Phi) is 3.61. The fourth-order valence-electron chi connectivity index (χ4n) is 1.52. The summed E-state index contributed by atoms with van der Waals surface area (Å²) >= 11 is 5.79. The summed E-state index contributed by atoms with van der Waals surface area (Å²) in [7, 11) is 0. The summed E-state index contributed by atoms with van der Waals surface area (Å²) in [6.45, 7) is 4.18. The Labute approximate surface area is 108 Å². The fourth-order valence-corrected chi connectivity index (χ4v) is 1.68. The SMILES string of the molecule is CCNC(=O)C(C)Nc1nc(Cl)nc2[nH]ncc12. The molecule has 0 fully saturated rings. The van der Waals surface area contributed by atoms with Gasteiger partial charge >= 0.3 is 0 Å². The molecule has 2 heterocycles. The molecule has 18 heavy (non-hydrogen) atoms. The molecular weight excluding hydrogens is 256 g/mol. The van der Waals surface area contributed by atoms with E-state index in [4.69, 9.17) is 11.6 Å². The molecule has 2 aromatic rings. The number of amides is 1. The molecule has 1 unspecified atom stereocenters.